The Morgan fingerprint density at radius 2 is 2.00 bits per heavy atom. The van der Waals surface area contributed by atoms with E-state index in [-0.39, 0.29) is 5.60 Å². The number of nitrogens with zero attached hydrogens (tertiary/aromatic N) is 3. The second-order valence-electron chi connectivity index (χ2n) is 7.12. The first-order valence-electron chi connectivity index (χ1n) is 8.80. The van der Waals surface area contributed by atoms with E-state index in [0.29, 0.717) is 24.9 Å². The van der Waals surface area contributed by atoms with Crippen molar-refractivity contribution in [2.45, 2.75) is 50.5 Å². The Kier molecular flexibility index (Phi) is 5.37. The first-order chi connectivity index (χ1) is 11.6. The van der Waals surface area contributed by atoms with Crippen molar-refractivity contribution in [3.63, 3.8) is 0 Å². The van der Waals surface area contributed by atoms with Gasteiger partial charge in [0, 0.05) is 51.2 Å². The lowest BCUT2D eigenvalue weighted by molar-refractivity contribution is -0.0576. The lowest BCUT2D eigenvalue weighted by Crippen LogP contribution is -2.46. The van der Waals surface area contributed by atoms with E-state index in [1.807, 2.05) is 7.05 Å². The highest BCUT2D eigenvalue weighted by Crippen LogP contribution is 2.40. The Balaban J connectivity index is 1.51. The monoisotopic (exact) mass is 353 g/mol. The second-order valence-corrected chi connectivity index (χ2v) is 7.94. The van der Waals surface area contributed by atoms with Crippen LogP contribution in [0.25, 0.3) is 0 Å². The Labute approximate surface area is 147 Å². The zero-order chi connectivity index (χ0) is 17.2. The molecular weight excluding hydrogens is 326 g/mol. The van der Waals surface area contributed by atoms with Crippen LogP contribution in [0.1, 0.15) is 44.9 Å². The molecule has 1 N–H and O–H groups in total. The van der Waals surface area contributed by atoms with Crippen molar-refractivity contribution >= 4 is 28.6 Å². The van der Waals surface area contributed by atoms with Gasteiger partial charge in [0.2, 0.25) is 0 Å². The van der Waals surface area contributed by atoms with E-state index in [1.54, 1.807) is 11.8 Å². The average molecular weight is 353 g/mol. The third kappa shape index (κ3) is 3.55. The largest absolute Gasteiger partial charge is 0.465 e. The number of oxime groups is 1. The first kappa shape index (κ1) is 17.6. The number of hydrogen-bond donors (Lipinski definition) is 1. The number of rotatable bonds is 2. The summed E-state index contributed by atoms with van der Waals surface area (Å²) in [4.78, 5) is 22.8. The second kappa shape index (κ2) is 7.33. The summed E-state index contributed by atoms with van der Waals surface area (Å²) >= 11 is 1.77. The topological polar surface area (TPSA) is 74.5 Å². The molecule has 1 amide bonds. The summed E-state index contributed by atoms with van der Waals surface area (Å²) in [5.74, 6) is 1.13. The molecule has 1 aliphatic carbocycles. The van der Waals surface area contributed by atoms with Gasteiger partial charge in [0.15, 0.2) is 0 Å². The lowest BCUT2D eigenvalue weighted by Gasteiger charge is -2.36. The number of thioether (sulfide) groups is 1. The van der Waals surface area contributed by atoms with Crippen LogP contribution in [0.5, 0.6) is 0 Å². The molecule has 3 rings (SSSR count). The maximum absolute atomic E-state index is 11.0. The van der Waals surface area contributed by atoms with Crippen LogP contribution in [-0.2, 0) is 4.84 Å². The number of carbonyl (C=O) groups is 1. The summed E-state index contributed by atoms with van der Waals surface area (Å²) in [6.45, 7) is 1.10. The molecule has 0 aromatic carbocycles. The summed E-state index contributed by atoms with van der Waals surface area (Å²) < 4.78 is 0. The molecule has 2 fully saturated rings. The number of hydrogen-bond acceptors (Lipinski definition) is 5. The highest BCUT2D eigenvalue weighted by atomic mass is 32.2. The van der Waals surface area contributed by atoms with Crippen molar-refractivity contribution in [3.05, 3.63) is 0 Å². The SMILES string of the molecule is CN=C(SC)C1CCC(C2=NOC3(CCN(C(=O)O)CC3)C2)CC1. The van der Waals surface area contributed by atoms with Crippen molar-refractivity contribution in [2.24, 2.45) is 22.0 Å². The summed E-state index contributed by atoms with van der Waals surface area (Å²) in [5.41, 5.74) is 0.962. The fourth-order valence-corrected chi connectivity index (χ4v) is 5.01. The quantitative estimate of drug-likeness (QED) is 0.609. The molecule has 1 saturated heterocycles. The van der Waals surface area contributed by atoms with Crippen LogP contribution >= 0.6 is 11.8 Å². The van der Waals surface area contributed by atoms with Gasteiger partial charge in [-0.2, -0.15) is 0 Å². The van der Waals surface area contributed by atoms with Crippen molar-refractivity contribution in [3.8, 4) is 0 Å². The van der Waals surface area contributed by atoms with E-state index in [0.717, 1.165) is 32.1 Å². The molecule has 0 aromatic rings. The fourth-order valence-electron chi connectivity index (χ4n) is 4.26. The van der Waals surface area contributed by atoms with Gasteiger partial charge in [-0.1, -0.05) is 5.16 Å². The summed E-state index contributed by atoms with van der Waals surface area (Å²) in [6.07, 6.45) is 8.33. The van der Waals surface area contributed by atoms with Crippen LogP contribution < -0.4 is 0 Å². The molecule has 3 aliphatic rings. The molecule has 0 aromatic heterocycles. The van der Waals surface area contributed by atoms with Crippen LogP contribution in [-0.4, -0.2) is 58.8 Å². The van der Waals surface area contributed by atoms with Crippen LogP contribution in [0.2, 0.25) is 0 Å². The predicted molar refractivity (Wildman–Crippen MR) is 97.0 cm³/mol. The van der Waals surface area contributed by atoms with Crippen LogP contribution in [0.3, 0.4) is 0 Å². The molecule has 7 heteroatoms. The van der Waals surface area contributed by atoms with E-state index >= 15 is 0 Å². The highest BCUT2D eigenvalue weighted by molar-refractivity contribution is 8.13. The molecule has 1 spiro atoms. The third-order valence-corrected chi connectivity index (χ3v) is 6.72. The molecule has 0 radical (unpaired) electrons. The van der Waals surface area contributed by atoms with Crippen molar-refractivity contribution in [1.82, 2.24) is 4.90 Å². The minimum Gasteiger partial charge on any atom is -0.465 e. The molecule has 24 heavy (non-hydrogen) atoms. The van der Waals surface area contributed by atoms with E-state index in [2.05, 4.69) is 16.4 Å². The van der Waals surface area contributed by atoms with Crippen LogP contribution in [0, 0.1) is 11.8 Å². The van der Waals surface area contributed by atoms with Gasteiger partial charge in [0.25, 0.3) is 0 Å². The minimum atomic E-state index is -0.829. The predicted octanol–water partition coefficient (Wildman–Crippen LogP) is 3.47. The molecule has 6 nitrogen and oxygen atoms in total. The van der Waals surface area contributed by atoms with Crippen LogP contribution in [0.4, 0.5) is 4.79 Å². The molecule has 0 bridgehead atoms. The number of likely N-dealkylation sites (tertiary alicyclic amines) is 1. The van der Waals surface area contributed by atoms with Gasteiger partial charge in [-0.3, -0.25) is 4.99 Å². The summed E-state index contributed by atoms with van der Waals surface area (Å²) in [7, 11) is 1.89. The first-order valence-corrected chi connectivity index (χ1v) is 10.0. The Bertz CT molecular complexity index is 533. The minimum absolute atomic E-state index is 0.243. The molecule has 2 heterocycles. The lowest BCUT2D eigenvalue weighted by atomic mass is 9.76. The van der Waals surface area contributed by atoms with Crippen molar-refractivity contribution in [2.75, 3.05) is 26.4 Å². The van der Waals surface area contributed by atoms with Gasteiger partial charge in [0.1, 0.15) is 5.60 Å². The molecule has 2 aliphatic heterocycles. The summed E-state index contributed by atoms with van der Waals surface area (Å²) in [6, 6.07) is 0. The van der Waals surface area contributed by atoms with E-state index in [1.165, 1.54) is 28.5 Å². The van der Waals surface area contributed by atoms with Gasteiger partial charge < -0.3 is 14.8 Å². The van der Waals surface area contributed by atoms with Gasteiger partial charge >= 0.3 is 6.09 Å². The number of amides is 1. The summed E-state index contributed by atoms with van der Waals surface area (Å²) in [5, 5.41) is 14.8. The van der Waals surface area contributed by atoms with E-state index < -0.39 is 6.09 Å². The van der Waals surface area contributed by atoms with Crippen molar-refractivity contribution in [1.29, 1.82) is 0 Å². The average Bonchev–Trinajstić information content (AvgIpc) is 3.01. The fraction of sp³-hybridized carbons (Fsp3) is 0.824. The molecule has 0 atom stereocenters. The smallest absolute Gasteiger partial charge is 0.407 e. The normalized spacial score (nSPS) is 30.2. The molecule has 0 unspecified atom stereocenters. The third-order valence-electron chi connectivity index (χ3n) is 5.78. The number of piperidine rings is 1. The van der Waals surface area contributed by atoms with Gasteiger partial charge in [0.05, 0.1) is 10.8 Å². The molecule has 1 saturated carbocycles. The maximum Gasteiger partial charge on any atom is 0.407 e. The van der Waals surface area contributed by atoms with E-state index in [9.17, 15) is 4.79 Å². The zero-order valence-electron chi connectivity index (χ0n) is 14.5. The zero-order valence-corrected chi connectivity index (χ0v) is 15.3. The molecule has 134 valence electrons. The Hall–Kier alpha value is -1.24. The standard InChI is InChI=1S/C17H27N3O3S/c1-18-15(24-2)13-5-3-12(4-6-13)14-11-17(23-19-14)7-9-20(10-8-17)16(21)22/h12-13H,3-11H2,1-2H3,(H,21,22). The number of aliphatic imine (C=N–C) groups is 1. The van der Waals surface area contributed by atoms with Crippen molar-refractivity contribution < 1.29 is 14.7 Å². The highest BCUT2D eigenvalue weighted by Gasteiger charge is 2.44. The Morgan fingerprint density at radius 1 is 1.33 bits per heavy atom. The van der Waals surface area contributed by atoms with Crippen LogP contribution in [0.15, 0.2) is 10.1 Å². The Morgan fingerprint density at radius 3 is 2.54 bits per heavy atom. The maximum atomic E-state index is 11.0. The number of carboxylic acid groups (broad SMARTS) is 1. The van der Waals surface area contributed by atoms with Gasteiger partial charge in [-0.25, -0.2) is 4.79 Å². The van der Waals surface area contributed by atoms with Gasteiger partial charge in [-0.05, 0) is 31.9 Å². The molecular formula is C17H27N3O3S. The van der Waals surface area contributed by atoms with Gasteiger partial charge in [-0.15, -0.1) is 11.8 Å². The van der Waals surface area contributed by atoms with E-state index in [4.69, 9.17) is 9.94 Å².